The third-order valence-corrected chi connectivity index (χ3v) is 3.43. The van der Waals surface area contributed by atoms with Crippen molar-refractivity contribution in [2.24, 2.45) is 0 Å². The van der Waals surface area contributed by atoms with E-state index in [1.807, 2.05) is 43.0 Å². The highest BCUT2D eigenvalue weighted by Gasteiger charge is 2.23. The van der Waals surface area contributed by atoms with Crippen molar-refractivity contribution in [1.29, 1.82) is 0 Å². The number of piperidine rings is 1. The molecule has 0 unspecified atom stereocenters. The van der Waals surface area contributed by atoms with Crippen LogP contribution in [0, 0.1) is 6.92 Å². The summed E-state index contributed by atoms with van der Waals surface area (Å²) in [6, 6.07) is 7.79. The van der Waals surface area contributed by atoms with Crippen molar-refractivity contribution in [3.05, 3.63) is 35.4 Å². The van der Waals surface area contributed by atoms with E-state index in [9.17, 15) is 4.79 Å². The predicted octanol–water partition coefficient (Wildman–Crippen LogP) is 2.64. The van der Waals surface area contributed by atoms with E-state index in [-0.39, 0.29) is 5.91 Å². The van der Waals surface area contributed by atoms with Crippen molar-refractivity contribution < 1.29 is 9.53 Å². The summed E-state index contributed by atoms with van der Waals surface area (Å²) in [5, 5.41) is 0. The number of benzene rings is 1. The van der Waals surface area contributed by atoms with Crippen LogP contribution in [-0.4, -0.2) is 36.6 Å². The molecule has 98 valence electrons. The quantitative estimate of drug-likeness (QED) is 0.821. The fourth-order valence-corrected chi connectivity index (χ4v) is 2.34. The lowest BCUT2D eigenvalue weighted by atomic mass is 10.1. The number of ether oxygens (including phenoxy) is 1. The summed E-state index contributed by atoms with van der Waals surface area (Å²) in [5.74, 6) is 0.143. The number of nitrogens with zero attached hydrogens (tertiary/aromatic N) is 1. The zero-order valence-corrected chi connectivity index (χ0v) is 11.2. The van der Waals surface area contributed by atoms with Crippen molar-refractivity contribution in [3.63, 3.8) is 0 Å². The molecule has 0 saturated carbocycles. The lowest BCUT2D eigenvalue weighted by Crippen LogP contribution is -2.40. The highest BCUT2D eigenvalue weighted by Crippen LogP contribution is 2.16. The van der Waals surface area contributed by atoms with Crippen LogP contribution in [-0.2, 0) is 4.74 Å². The van der Waals surface area contributed by atoms with Gasteiger partial charge < -0.3 is 9.64 Å². The van der Waals surface area contributed by atoms with Crippen LogP contribution in [0.2, 0.25) is 0 Å². The SMILES string of the molecule is CCOC1CCN(C(=O)c2ccc(C)cc2)CC1. The maximum absolute atomic E-state index is 12.3. The van der Waals surface area contributed by atoms with Crippen molar-refractivity contribution >= 4 is 5.91 Å². The Morgan fingerprint density at radius 3 is 2.44 bits per heavy atom. The molecule has 0 aromatic heterocycles. The van der Waals surface area contributed by atoms with E-state index >= 15 is 0 Å². The summed E-state index contributed by atoms with van der Waals surface area (Å²) in [5.41, 5.74) is 1.97. The van der Waals surface area contributed by atoms with E-state index < -0.39 is 0 Å². The molecule has 3 heteroatoms. The van der Waals surface area contributed by atoms with Gasteiger partial charge in [0.1, 0.15) is 0 Å². The first kappa shape index (κ1) is 13.1. The third-order valence-electron chi connectivity index (χ3n) is 3.43. The van der Waals surface area contributed by atoms with Gasteiger partial charge in [0.15, 0.2) is 0 Å². The molecule has 18 heavy (non-hydrogen) atoms. The number of amides is 1. The number of hydrogen-bond acceptors (Lipinski definition) is 2. The average molecular weight is 247 g/mol. The molecule has 1 amide bonds. The maximum Gasteiger partial charge on any atom is 0.253 e. The van der Waals surface area contributed by atoms with Crippen LogP contribution >= 0.6 is 0 Å². The summed E-state index contributed by atoms with van der Waals surface area (Å²) >= 11 is 0. The summed E-state index contributed by atoms with van der Waals surface area (Å²) in [6.45, 7) is 6.41. The van der Waals surface area contributed by atoms with E-state index in [1.54, 1.807) is 0 Å². The van der Waals surface area contributed by atoms with Gasteiger partial charge in [-0.2, -0.15) is 0 Å². The first-order chi connectivity index (χ1) is 8.70. The van der Waals surface area contributed by atoms with Gasteiger partial charge in [-0.3, -0.25) is 4.79 Å². The topological polar surface area (TPSA) is 29.5 Å². The first-order valence-electron chi connectivity index (χ1n) is 6.68. The third kappa shape index (κ3) is 3.10. The van der Waals surface area contributed by atoms with Gasteiger partial charge in [-0.15, -0.1) is 0 Å². The molecule has 0 bridgehead atoms. The molecule has 2 rings (SSSR count). The minimum atomic E-state index is 0.143. The van der Waals surface area contributed by atoms with Crippen LogP contribution in [0.3, 0.4) is 0 Å². The fraction of sp³-hybridized carbons (Fsp3) is 0.533. The van der Waals surface area contributed by atoms with Crippen LogP contribution in [0.5, 0.6) is 0 Å². The second kappa shape index (κ2) is 6.01. The van der Waals surface area contributed by atoms with Gasteiger partial charge in [0, 0.05) is 25.3 Å². The highest BCUT2D eigenvalue weighted by molar-refractivity contribution is 5.94. The summed E-state index contributed by atoms with van der Waals surface area (Å²) < 4.78 is 5.59. The van der Waals surface area contributed by atoms with Crippen LogP contribution in [0.15, 0.2) is 24.3 Å². The second-order valence-corrected chi connectivity index (χ2v) is 4.81. The van der Waals surface area contributed by atoms with Crippen molar-refractivity contribution in [2.45, 2.75) is 32.8 Å². The summed E-state index contributed by atoms with van der Waals surface area (Å²) in [6.07, 6.45) is 2.23. The van der Waals surface area contributed by atoms with E-state index in [2.05, 4.69) is 0 Å². The molecule has 1 fully saturated rings. The Kier molecular flexibility index (Phi) is 4.37. The van der Waals surface area contributed by atoms with E-state index in [0.29, 0.717) is 6.10 Å². The summed E-state index contributed by atoms with van der Waals surface area (Å²) in [4.78, 5) is 14.2. The molecule has 1 aliphatic rings. The molecule has 1 aromatic carbocycles. The Labute approximate surface area is 109 Å². The maximum atomic E-state index is 12.3. The Balaban J connectivity index is 1.93. The van der Waals surface area contributed by atoms with Gasteiger partial charge in [0.25, 0.3) is 5.91 Å². The van der Waals surface area contributed by atoms with Crippen molar-refractivity contribution in [2.75, 3.05) is 19.7 Å². The zero-order chi connectivity index (χ0) is 13.0. The molecular weight excluding hydrogens is 226 g/mol. The lowest BCUT2D eigenvalue weighted by Gasteiger charge is -2.31. The largest absolute Gasteiger partial charge is 0.378 e. The van der Waals surface area contributed by atoms with Crippen molar-refractivity contribution in [1.82, 2.24) is 4.90 Å². The Morgan fingerprint density at radius 1 is 1.28 bits per heavy atom. The molecule has 0 aliphatic carbocycles. The molecule has 0 radical (unpaired) electrons. The number of aryl methyl sites for hydroxylation is 1. The van der Waals surface area contributed by atoms with Gasteiger partial charge in [-0.25, -0.2) is 0 Å². The minimum Gasteiger partial charge on any atom is -0.378 e. The van der Waals surface area contributed by atoms with Crippen LogP contribution < -0.4 is 0 Å². The number of carbonyl (C=O) groups excluding carboxylic acids is 1. The minimum absolute atomic E-state index is 0.143. The van der Waals surface area contributed by atoms with E-state index in [0.717, 1.165) is 38.1 Å². The standard InChI is InChI=1S/C15H21NO2/c1-3-18-14-8-10-16(11-9-14)15(17)13-6-4-12(2)5-7-13/h4-7,14H,3,8-11H2,1-2H3. The molecule has 1 aromatic rings. The molecule has 1 aliphatic heterocycles. The van der Waals surface area contributed by atoms with Gasteiger partial charge in [0.2, 0.25) is 0 Å². The average Bonchev–Trinajstić information content (AvgIpc) is 2.40. The Morgan fingerprint density at radius 2 is 1.89 bits per heavy atom. The molecular formula is C15H21NO2. The number of likely N-dealkylation sites (tertiary alicyclic amines) is 1. The second-order valence-electron chi connectivity index (χ2n) is 4.81. The van der Waals surface area contributed by atoms with Crippen LogP contribution in [0.4, 0.5) is 0 Å². The van der Waals surface area contributed by atoms with Gasteiger partial charge in [-0.05, 0) is 38.8 Å². The van der Waals surface area contributed by atoms with E-state index in [1.165, 1.54) is 5.56 Å². The number of rotatable bonds is 3. The fourth-order valence-electron chi connectivity index (χ4n) is 2.34. The van der Waals surface area contributed by atoms with E-state index in [4.69, 9.17) is 4.74 Å². The highest BCUT2D eigenvalue weighted by atomic mass is 16.5. The lowest BCUT2D eigenvalue weighted by molar-refractivity contribution is 0.0146. The van der Waals surface area contributed by atoms with Crippen LogP contribution in [0.1, 0.15) is 35.7 Å². The predicted molar refractivity (Wildman–Crippen MR) is 71.7 cm³/mol. The normalized spacial score (nSPS) is 16.9. The van der Waals surface area contributed by atoms with Crippen molar-refractivity contribution in [3.8, 4) is 0 Å². The Bertz CT molecular complexity index is 391. The molecule has 1 saturated heterocycles. The van der Waals surface area contributed by atoms with Gasteiger partial charge >= 0.3 is 0 Å². The molecule has 0 spiro atoms. The molecule has 1 heterocycles. The Hall–Kier alpha value is -1.35. The zero-order valence-electron chi connectivity index (χ0n) is 11.2. The number of hydrogen-bond donors (Lipinski definition) is 0. The first-order valence-corrected chi connectivity index (χ1v) is 6.68. The van der Waals surface area contributed by atoms with Crippen LogP contribution in [0.25, 0.3) is 0 Å². The van der Waals surface area contributed by atoms with Gasteiger partial charge in [-0.1, -0.05) is 17.7 Å². The molecule has 3 nitrogen and oxygen atoms in total. The molecule has 0 N–H and O–H groups in total. The molecule has 0 atom stereocenters. The summed E-state index contributed by atoms with van der Waals surface area (Å²) in [7, 11) is 0. The van der Waals surface area contributed by atoms with Gasteiger partial charge in [0.05, 0.1) is 6.10 Å². The number of carbonyl (C=O) groups is 1. The smallest absolute Gasteiger partial charge is 0.253 e. The monoisotopic (exact) mass is 247 g/mol.